The number of amides is 1. The number of rotatable bonds is 4. The lowest BCUT2D eigenvalue weighted by molar-refractivity contribution is -0.117. The van der Waals surface area contributed by atoms with Gasteiger partial charge >= 0.3 is 0 Å². The van der Waals surface area contributed by atoms with Crippen LogP contribution in [0.4, 0.5) is 5.95 Å². The molecule has 0 bridgehead atoms. The molecule has 1 atom stereocenters. The van der Waals surface area contributed by atoms with Crippen LogP contribution in [0, 0.1) is 0 Å². The highest BCUT2D eigenvalue weighted by Gasteiger charge is 2.12. The van der Waals surface area contributed by atoms with Gasteiger partial charge in [-0.3, -0.25) is 10.1 Å². The van der Waals surface area contributed by atoms with Gasteiger partial charge in [-0.25, -0.2) is 4.98 Å². The van der Waals surface area contributed by atoms with Gasteiger partial charge in [0.1, 0.15) is 0 Å². The standard InChI is InChI=1S/C9H16N4O/c1-4-13-6-5-11-9(13)12-8(14)7(2)10-3/h5-7,10H,4H2,1-3H3,(H,11,12,14)/t7-/m0/s1. The minimum atomic E-state index is -0.211. The summed E-state index contributed by atoms with van der Waals surface area (Å²) in [6.45, 7) is 4.59. The molecule has 2 N–H and O–H groups in total. The Morgan fingerprint density at radius 1 is 1.71 bits per heavy atom. The van der Waals surface area contributed by atoms with Gasteiger partial charge < -0.3 is 9.88 Å². The summed E-state index contributed by atoms with van der Waals surface area (Å²) in [6, 6.07) is -0.211. The van der Waals surface area contributed by atoms with Crippen LogP contribution in [-0.4, -0.2) is 28.5 Å². The van der Waals surface area contributed by atoms with E-state index in [1.54, 1.807) is 20.2 Å². The van der Waals surface area contributed by atoms with Crippen molar-refractivity contribution >= 4 is 11.9 Å². The van der Waals surface area contributed by atoms with Gasteiger partial charge in [-0.2, -0.15) is 0 Å². The van der Waals surface area contributed by atoms with Crippen LogP contribution in [0.5, 0.6) is 0 Å². The summed E-state index contributed by atoms with van der Waals surface area (Å²) in [4.78, 5) is 15.5. The average Bonchev–Trinajstić information content (AvgIpc) is 2.63. The molecule has 0 unspecified atom stereocenters. The average molecular weight is 196 g/mol. The molecule has 0 aliphatic heterocycles. The van der Waals surface area contributed by atoms with Crippen molar-refractivity contribution in [3.63, 3.8) is 0 Å². The monoisotopic (exact) mass is 196 g/mol. The molecule has 1 amide bonds. The molecule has 0 aliphatic rings. The number of anilines is 1. The first kappa shape index (κ1) is 10.7. The van der Waals surface area contributed by atoms with E-state index in [-0.39, 0.29) is 11.9 Å². The SMILES string of the molecule is CCn1ccnc1NC(=O)[C@H](C)NC. The molecule has 1 rings (SSSR count). The number of aromatic nitrogens is 2. The van der Waals surface area contributed by atoms with E-state index in [1.165, 1.54) is 0 Å². The van der Waals surface area contributed by atoms with Crippen molar-refractivity contribution in [2.75, 3.05) is 12.4 Å². The quantitative estimate of drug-likeness (QED) is 0.735. The van der Waals surface area contributed by atoms with E-state index < -0.39 is 0 Å². The lowest BCUT2D eigenvalue weighted by Crippen LogP contribution is -2.36. The van der Waals surface area contributed by atoms with Gasteiger partial charge in [0.05, 0.1) is 6.04 Å². The molecule has 1 heterocycles. The lowest BCUT2D eigenvalue weighted by atomic mass is 10.3. The molecule has 0 fully saturated rings. The molecule has 78 valence electrons. The van der Waals surface area contributed by atoms with Crippen molar-refractivity contribution in [3.8, 4) is 0 Å². The van der Waals surface area contributed by atoms with Crippen LogP contribution in [0.2, 0.25) is 0 Å². The van der Waals surface area contributed by atoms with Crippen molar-refractivity contribution < 1.29 is 4.79 Å². The van der Waals surface area contributed by atoms with Crippen LogP contribution in [0.1, 0.15) is 13.8 Å². The lowest BCUT2D eigenvalue weighted by Gasteiger charge is -2.11. The number of nitrogens with zero attached hydrogens (tertiary/aromatic N) is 2. The maximum absolute atomic E-state index is 11.5. The van der Waals surface area contributed by atoms with Gasteiger partial charge in [-0.1, -0.05) is 0 Å². The molecule has 0 aliphatic carbocycles. The maximum atomic E-state index is 11.5. The second-order valence-corrected chi connectivity index (χ2v) is 3.04. The van der Waals surface area contributed by atoms with Crippen molar-refractivity contribution in [2.45, 2.75) is 26.4 Å². The van der Waals surface area contributed by atoms with Gasteiger partial charge in [-0.05, 0) is 20.9 Å². The zero-order valence-corrected chi connectivity index (χ0v) is 8.74. The predicted molar refractivity (Wildman–Crippen MR) is 55.1 cm³/mol. The molecule has 0 spiro atoms. The van der Waals surface area contributed by atoms with Crippen molar-refractivity contribution in [1.82, 2.24) is 14.9 Å². The molecule has 1 aromatic rings. The summed E-state index contributed by atoms with van der Waals surface area (Å²) < 4.78 is 1.88. The van der Waals surface area contributed by atoms with Crippen LogP contribution in [-0.2, 0) is 11.3 Å². The number of carbonyl (C=O) groups is 1. The fourth-order valence-corrected chi connectivity index (χ4v) is 1.04. The first-order valence-electron chi connectivity index (χ1n) is 4.68. The Balaban J connectivity index is 2.64. The van der Waals surface area contributed by atoms with Gasteiger partial charge in [0, 0.05) is 18.9 Å². The fraction of sp³-hybridized carbons (Fsp3) is 0.556. The predicted octanol–water partition coefficient (Wildman–Crippen LogP) is 0.449. The number of nitrogens with one attached hydrogen (secondary N) is 2. The Morgan fingerprint density at radius 2 is 2.43 bits per heavy atom. The smallest absolute Gasteiger partial charge is 0.243 e. The molecule has 5 heteroatoms. The highest BCUT2D eigenvalue weighted by atomic mass is 16.2. The second kappa shape index (κ2) is 4.76. The van der Waals surface area contributed by atoms with Gasteiger partial charge in [-0.15, -0.1) is 0 Å². The molecule has 5 nitrogen and oxygen atoms in total. The Morgan fingerprint density at radius 3 is 3.00 bits per heavy atom. The molecule has 0 aromatic carbocycles. The Bertz CT molecular complexity index is 308. The number of imidazole rings is 1. The highest BCUT2D eigenvalue weighted by Crippen LogP contribution is 2.03. The largest absolute Gasteiger partial charge is 0.317 e. The fourth-order valence-electron chi connectivity index (χ4n) is 1.04. The second-order valence-electron chi connectivity index (χ2n) is 3.04. The summed E-state index contributed by atoms with van der Waals surface area (Å²) in [5, 5.41) is 5.61. The van der Waals surface area contributed by atoms with E-state index in [4.69, 9.17) is 0 Å². The highest BCUT2D eigenvalue weighted by molar-refractivity contribution is 5.93. The van der Waals surface area contributed by atoms with Gasteiger partial charge in [0.15, 0.2) is 0 Å². The first-order valence-corrected chi connectivity index (χ1v) is 4.68. The third-order valence-corrected chi connectivity index (χ3v) is 2.12. The van der Waals surface area contributed by atoms with Crippen molar-refractivity contribution in [2.24, 2.45) is 0 Å². The molecular weight excluding hydrogens is 180 g/mol. The molecule has 0 radical (unpaired) electrons. The van der Waals surface area contributed by atoms with Crippen LogP contribution in [0.3, 0.4) is 0 Å². The summed E-state index contributed by atoms with van der Waals surface area (Å²) in [5.41, 5.74) is 0. The number of hydrogen-bond donors (Lipinski definition) is 2. The normalized spacial score (nSPS) is 12.5. The van der Waals surface area contributed by atoms with E-state index in [0.29, 0.717) is 5.95 Å². The van der Waals surface area contributed by atoms with Crippen LogP contribution in [0.25, 0.3) is 0 Å². The summed E-state index contributed by atoms with van der Waals surface area (Å²) >= 11 is 0. The van der Waals surface area contributed by atoms with Crippen LogP contribution >= 0.6 is 0 Å². The van der Waals surface area contributed by atoms with Gasteiger partial charge in [0.2, 0.25) is 11.9 Å². The van der Waals surface area contributed by atoms with E-state index in [1.807, 2.05) is 17.7 Å². The topological polar surface area (TPSA) is 59.0 Å². The summed E-state index contributed by atoms with van der Waals surface area (Å²) in [6.07, 6.45) is 3.50. The molecular formula is C9H16N4O. The van der Waals surface area contributed by atoms with Crippen LogP contribution in [0.15, 0.2) is 12.4 Å². The molecule has 0 saturated carbocycles. The van der Waals surface area contributed by atoms with Crippen molar-refractivity contribution in [3.05, 3.63) is 12.4 Å². The third-order valence-electron chi connectivity index (χ3n) is 2.12. The van der Waals surface area contributed by atoms with Crippen LogP contribution < -0.4 is 10.6 Å². The minimum Gasteiger partial charge on any atom is -0.317 e. The number of carbonyl (C=O) groups excluding carboxylic acids is 1. The van der Waals surface area contributed by atoms with E-state index in [9.17, 15) is 4.79 Å². The molecule has 1 aromatic heterocycles. The maximum Gasteiger partial charge on any atom is 0.243 e. The van der Waals surface area contributed by atoms with Crippen molar-refractivity contribution in [1.29, 1.82) is 0 Å². The molecule has 0 saturated heterocycles. The molecule has 14 heavy (non-hydrogen) atoms. The Labute approximate surface area is 83.5 Å². The zero-order valence-electron chi connectivity index (χ0n) is 8.74. The minimum absolute atomic E-state index is 0.0756. The first-order chi connectivity index (χ1) is 6.69. The van der Waals surface area contributed by atoms with Gasteiger partial charge in [0.25, 0.3) is 0 Å². The van der Waals surface area contributed by atoms with E-state index in [0.717, 1.165) is 6.54 Å². The summed E-state index contributed by atoms with van der Waals surface area (Å²) in [5.74, 6) is 0.521. The van der Waals surface area contributed by atoms with E-state index >= 15 is 0 Å². The summed E-state index contributed by atoms with van der Waals surface area (Å²) in [7, 11) is 1.75. The number of aryl methyl sites for hydroxylation is 1. The Kier molecular flexibility index (Phi) is 3.64. The zero-order chi connectivity index (χ0) is 10.6. The number of hydrogen-bond acceptors (Lipinski definition) is 3. The Hall–Kier alpha value is -1.36. The van der Waals surface area contributed by atoms with E-state index in [2.05, 4.69) is 15.6 Å². The number of likely N-dealkylation sites (N-methyl/N-ethyl adjacent to an activating group) is 1. The third kappa shape index (κ3) is 2.32.